The van der Waals surface area contributed by atoms with Crippen molar-refractivity contribution in [1.82, 2.24) is 0 Å². The Morgan fingerprint density at radius 3 is 1.36 bits per heavy atom. The molecule has 0 aromatic heterocycles. The third-order valence-electron chi connectivity index (χ3n) is 1.53. The minimum absolute atomic E-state index is 0.347. The van der Waals surface area contributed by atoms with Gasteiger partial charge in [0.1, 0.15) is 0 Å². The van der Waals surface area contributed by atoms with Gasteiger partial charge < -0.3 is 19.3 Å². The van der Waals surface area contributed by atoms with E-state index < -0.39 is 11.9 Å². The molecule has 0 amide bonds. The Bertz CT molecular complexity index is 461. The molecular formula is C17H26O8. The molecule has 0 saturated carbocycles. The molecule has 0 aromatic carbocycles. The summed E-state index contributed by atoms with van der Waals surface area (Å²) in [6, 6.07) is 0. The molecule has 0 spiro atoms. The fraction of sp³-hybridized carbons (Fsp3) is 0.294. The summed E-state index contributed by atoms with van der Waals surface area (Å²) in [7, 11) is 2.64. The Labute approximate surface area is 148 Å². The Balaban J connectivity index is -0.000000119. The lowest BCUT2D eigenvalue weighted by atomic mass is 10.4. The molecule has 0 unspecified atom stereocenters. The molecular weight excluding hydrogens is 332 g/mol. The Hall–Kier alpha value is -3.16. The number of carboxylic acid groups (broad SMARTS) is 1. The molecule has 0 aliphatic heterocycles. The Morgan fingerprint density at radius 2 is 1.32 bits per heavy atom. The Morgan fingerprint density at radius 1 is 0.920 bits per heavy atom. The van der Waals surface area contributed by atoms with Gasteiger partial charge in [0.05, 0.1) is 20.8 Å². The van der Waals surface area contributed by atoms with E-state index in [-0.39, 0.29) is 11.9 Å². The first-order valence-corrected chi connectivity index (χ1v) is 6.66. The highest BCUT2D eigenvalue weighted by molar-refractivity contribution is 5.86. The first kappa shape index (κ1) is 29.8. The van der Waals surface area contributed by atoms with Crippen LogP contribution in [0.25, 0.3) is 0 Å². The number of rotatable bonds is 5. The fourth-order valence-electron chi connectivity index (χ4n) is 0.459. The van der Waals surface area contributed by atoms with Crippen molar-refractivity contribution in [1.29, 1.82) is 0 Å². The third-order valence-corrected chi connectivity index (χ3v) is 1.53. The summed E-state index contributed by atoms with van der Waals surface area (Å²) >= 11 is 0. The number of ether oxygens (including phenoxy) is 3. The predicted molar refractivity (Wildman–Crippen MR) is 93.7 cm³/mol. The van der Waals surface area contributed by atoms with Crippen molar-refractivity contribution in [2.45, 2.75) is 13.8 Å². The number of methoxy groups -OCH3 is 2. The van der Waals surface area contributed by atoms with Crippen LogP contribution in [0.5, 0.6) is 0 Å². The summed E-state index contributed by atoms with van der Waals surface area (Å²) in [5.41, 5.74) is 0.433. The van der Waals surface area contributed by atoms with Crippen molar-refractivity contribution >= 4 is 23.9 Å². The molecule has 1 N–H and O–H groups in total. The average molecular weight is 358 g/mol. The molecule has 0 bridgehead atoms. The van der Waals surface area contributed by atoms with E-state index in [0.29, 0.717) is 12.2 Å². The highest BCUT2D eigenvalue weighted by atomic mass is 16.5. The summed E-state index contributed by atoms with van der Waals surface area (Å²) in [6.07, 6.45) is 3.09. The van der Waals surface area contributed by atoms with Crippen LogP contribution in [-0.4, -0.2) is 49.8 Å². The van der Waals surface area contributed by atoms with Gasteiger partial charge in [-0.05, 0) is 13.8 Å². The van der Waals surface area contributed by atoms with Crippen LogP contribution < -0.4 is 0 Å². The van der Waals surface area contributed by atoms with E-state index >= 15 is 0 Å². The third kappa shape index (κ3) is 38.6. The molecule has 142 valence electrons. The molecule has 8 nitrogen and oxygen atoms in total. The SMILES string of the molecule is C=C(C)C(=O)OC.C=CC(=O)O.C=CC(=O)OC.C=CC(=O)OCC. The van der Waals surface area contributed by atoms with Gasteiger partial charge in [-0.3, -0.25) is 0 Å². The lowest BCUT2D eigenvalue weighted by Crippen LogP contribution is -1.98. The highest BCUT2D eigenvalue weighted by Gasteiger charge is 1.95. The second kappa shape index (κ2) is 23.1. The number of hydrogen-bond acceptors (Lipinski definition) is 7. The fourth-order valence-corrected chi connectivity index (χ4v) is 0.459. The lowest BCUT2D eigenvalue weighted by molar-refractivity contribution is -0.137. The standard InChI is InChI=1S/2C5H8O2.C4H6O2.C3H4O2/c1-4(2)5(6)7-3;1-3-5(6)7-4-2;1-3-4(5)6-2;1-2-3(4)5/h1H2,2-3H3;3H,1,4H2,2H3;3H,1H2,2H3;2H,1H2,(H,4,5). The molecule has 0 aliphatic rings. The number of esters is 3. The van der Waals surface area contributed by atoms with Gasteiger partial charge in [0.25, 0.3) is 0 Å². The maximum atomic E-state index is 10.2. The largest absolute Gasteiger partial charge is 0.478 e. The van der Waals surface area contributed by atoms with Crippen LogP contribution in [0, 0.1) is 0 Å². The van der Waals surface area contributed by atoms with Gasteiger partial charge in [0.15, 0.2) is 0 Å². The molecule has 0 atom stereocenters. The summed E-state index contributed by atoms with van der Waals surface area (Å²) in [5.74, 6) is -2.08. The van der Waals surface area contributed by atoms with Gasteiger partial charge in [-0.1, -0.05) is 26.3 Å². The number of carbonyl (C=O) groups excluding carboxylic acids is 3. The van der Waals surface area contributed by atoms with E-state index in [1.807, 2.05) is 0 Å². The monoisotopic (exact) mass is 358 g/mol. The topological polar surface area (TPSA) is 116 Å². The normalized spacial score (nSPS) is 7.20. The van der Waals surface area contributed by atoms with Crippen molar-refractivity contribution in [3.8, 4) is 0 Å². The van der Waals surface area contributed by atoms with Crippen molar-refractivity contribution in [3.63, 3.8) is 0 Å². The average Bonchev–Trinajstić information content (AvgIpc) is 2.61. The van der Waals surface area contributed by atoms with Gasteiger partial charge >= 0.3 is 23.9 Å². The van der Waals surface area contributed by atoms with Gasteiger partial charge in [-0.2, -0.15) is 0 Å². The second-order valence-corrected chi connectivity index (χ2v) is 3.50. The van der Waals surface area contributed by atoms with E-state index in [0.717, 1.165) is 18.2 Å². The minimum Gasteiger partial charge on any atom is -0.478 e. The zero-order chi connectivity index (χ0) is 20.8. The molecule has 0 fully saturated rings. The number of hydrogen-bond donors (Lipinski definition) is 1. The zero-order valence-corrected chi connectivity index (χ0v) is 15.1. The first-order chi connectivity index (χ1) is 11.6. The molecule has 25 heavy (non-hydrogen) atoms. The van der Waals surface area contributed by atoms with Crippen LogP contribution in [0.2, 0.25) is 0 Å². The molecule has 0 radical (unpaired) electrons. The Kier molecular flexibility index (Phi) is 27.6. The molecule has 0 aromatic rings. The van der Waals surface area contributed by atoms with Gasteiger partial charge in [0, 0.05) is 23.8 Å². The number of carboxylic acids is 1. The van der Waals surface area contributed by atoms with Crippen LogP contribution >= 0.6 is 0 Å². The summed E-state index contributed by atoms with van der Waals surface area (Å²) < 4.78 is 12.8. The van der Waals surface area contributed by atoms with Crippen molar-refractivity contribution in [3.05, 3.63) is 50.1 Å². The predicted octanol–water partition coefficient (Wildman–Crippen LogP) is 2.07. The van der Waals surface area contributed by atoms with E-state index in [2.05, 4.69) is 40.5 Å². The van der Waals surface area contributed by atoms with E-state index in [4.69, 9.17) is 5.11 Å². The molecule has 0 saturated heterocycles. The maximum absolute atomic E-state index is 10.2. The van der Waals surface area contributed by atoms with E-state index in [1.54, 1.807) is 13.8 Å². The minimum atomic E-state index is -0.981. The molecule has 0 aliphatic carbocycles. The molecule has 8 heteroatoms. The summed E-state index contributed by atoms with van der Waals surface area (Å²) in [6.45, 7) is 16.4. The van der Waals surface area contributed by atoms with Crippen molar-refractivity contribution in [2.24, 2.45) is 0 Å². The van der Waals surface area contributed by atoms with Gasteiger partial charge in [0.2, 0.25) is 0 Å². The first-order valence-electron chi connectivity index (χ1n) is 6.66. The highest BCUT2D eigenvalue weighted by Crippen LogP contribution is 1.87. The van der Waals surface area contributed by atoms with Gasteiger partial charge in [-0.25, -0.2) is 19.2 Å². The van der Waals surface area contributed by atoms with Crippen LogP contribution in [0.15, 0.2) is 50.1 Å². The van der Waals surface area contributed by atoms with Crippen LogP contribution in [0.1, 0.15) is 13.8 Å². The van der Waals surface area contributed by atoms with E-state index in [9.17, 15) is 19.2 Å². The van der Waals surface area contributed by atoms with Crippen LogP contribution in [-0.2, 0) is 33.4 Å². The van der Waals surface area contributed by atoms with Crippen LogP contribution in [0.4, 0.5) is 0 Å². The zero-order valence-electron chi connectivity index (χ0n) is 15.1. The maximum Gasteiger partial charge on any atom is 0.332 e. The summed E-state index contributed by atoms with van der Waals surface area (Å²) in [5, 5.41) is 7.60. The van der Waals surface area contributed by atoms with Crippen molar-refractivity contribution < 1.29 is 38.5 Å². The lowest BCUT2D eigenvalue weighted by Gasteiger charge is -1.91. The molecule has 0 rings (SSSR count). The quantitative estimate of drug-likeness (QED) is 0.451. The van der Waals surface area contributed by atoms with Crippen LogP contribution in [0.3, 0.4) is 0 Å². The van der Waals surface area contributed by atoms with Gasteiger partial charge in [-0.15, -0.1) is 0 Å². The van der Waals surface area contributed by atoms with E-state index in [1.165, 1.54) is 14.2 Å². The van der Waals surface area contributed by atoms with Crippen molar-refractivity contribution in [2.75, 3.05) is 20.8 Å². The number of carbonyl (C=O) groups is 4. The summed E-state index contributed by atoms with van der Waals surface area (Å²) in [4.78, 5) is 39.4. The smallest absolute Gasteiger partial charge is 0.332 e. The molecule has 0 heterocycles. The number of aliphatic carboxylic acids is 1. The second-order valence-electron chi connectivity index (χ2n) is 3.50.